The lowest BCUT2D eigenvalue weighted by Gasteiger charge is -2.10. The molecule has 5 nitrogen and oxygen atoms in total. The standard InChI is InChI=1S/C14H18N4O/c1-17-7-4-8-18-11(10-17)9-13(16-18)12-5-3-6-14(15-12)19-2/h3,5-6,9H,4,7-8,10H2,1-2H3. The zero-order valence-corrected chi connectivity index (χ0v) is 11.3. The number of aromatic nitrogens is 3. The lowest BCUT2D eigenvalue weighted by Crippen LogP contribution is -2.16. The van der Waals surface area contributed by atoms with Gasteiger partial charge in [0.25, 0.3) is 0 Å². The third kappa shape index (κ3) is 2.46. The molecular formula is C14H18N4O. The van der Waals surface area contributed by atoms with Crippen molar-refractivity contribution < 1.29 is 4.74 Å². The third-order valence-electron chi connectivity index (χ3n) is 3.40. The molecule has 0 N–H and O–H groups in total. The molecule has 0 saturated heterocycles. The van der Waals surface area contributed by atoms with Crippen molar-refractivity contribution in [2.24, 2.45) is 0 Å². The summed E-state index contributed by atoms with van der Waals surface area (Å²) in [6.45, 7) is 3.04. The van der Waals surface area contributed by atoms with Crippen LogP contribution < -0.4 is 4.74 Å². The maximum absolute atomic E-state index is 5.16. The molecule has 0 fully saturated rings. The molecule has 0 saturated carbocycles. The van der Waals surface area contributed by atoms with Crippen molar-refractivity contribution in [3.63, 3.8) is 0 Å². The van der Waals surface area contributed by atoms with Crippen LogP contribution >= 0.6 is 0 Å². The van der Waals surface area contributed by atoms with E-state index in [1.165, 1.54) is 5.69 Å². The van der Waals surface area contributed by atoms with Crippen molar-refractivity contribution in [3.8, 4) is 17.3 Å². The molecule has 0 amide bonds. The highest BCUT2D eigenvalue weighted by Gasteiger charge is 2.15. The van der Waals surface area contributed by atoms with Gasteiger partial charge >= 0.3 is 0 Å². The van der Waals surface area contributed by atoms with Crippen LogP contribution in [0.1, 0.15) is 12.1 Å². The Bertz CT molecular complexity index is 579. The molecule has 3 heterocycles. The summed E-state index contributed by atoms with van der Waals surface area (Å²) in [5.74, 6) is 0.623. The summed E-state index contributed by atoms with van der Waals surface area (Å²) in [5.41, 5.74) is 3.03. The van der Waals surface area contributed by atoms with Crippen LogP contribution in [0.5, 0.6) is 5.88 Å². The number of hydrogen-bond acceptors (Lipinski definition) is 4. The van der Waals surface area contributed by atoms with E-state index in [9.17, 15) is 0 Å². The number of pyridine rings is 1. The van der Waals surface area contributed by atoms with Gasteiger partial charge in [0.1, 0.15) is 5.69 Å². The van der Waals surface area contributed by atoms with Crippen LogP contribution in [0.3, 0.4) is 0 Å². The summed E-state index contributed by atoms with van der Waals surface area (Å²) < 4.78 is 7.26. The normalized spacial score (nSPS) is 15.9. The third-order valence-corrected chi connectivity index (χ3v) is 3.40. The van der Waals surface area contributed by atoms with Crippen LogP contribution in [-0.4, -0.2) is 40.4 Å². The molecule has 0 atom stereocenters. The molecule has 1 aliphatic heterocycles. The lowest BCUT2D eigenvalue weighted by atomic mass is 10.2. The second kappa shape index (κ2) is 5.01. The van der Waals surface area contributed by atoms with E-state index in [0.29, 0.717) is 5.88 Å². The van der Waals surface area contributed by atoms with Crippen LogP contribution in [0.15, 0.2) is 24.3 Å². The van der Waals surface area contributed by atoms with E-state index in [0.717, 1.165) is 37.4 Å². The second-order valence-electron chi connectivity index (χ2n) is 4.90. The minimum Gasteiger partial charge on any atom is -0.481 e. The van der Waals surface area contributed by atoms with E-state index in [1.54, 1.807) is 7.11 Å². The predicted octanol–water partition coefficient (Wildman–Crippen LogP) is 1.79. The number of nitrogens with zero attached hydrogens (tertiary/aromatic N) is 4. The zero-order chi connectivity index (χ0) is 13.2. The van der Waals surface area contributed by atoms with Gasteiger partial charge in [-0.3, -0.25) is 4.68 Å². The van der Waals surface area contributed by atoms with Gasteiger partial charge in [-0.15, -0.1) is 0 Å². The minimum atomic E-state index is 0.623. The quantitative estimate of drug-likeness (QED) is 0.823. The van der Waals surface area contributed by atoms with Crippen LogP contribution in [0, 0.1) is 0 Å². The highest BCUT2D eigenvalue weighted by Crippen LogP contribution is 2.21. The van der Waals surface area contributed by atoms with Gasteiger partial charge in [0.05, 0.1) is 18.5 Å². The number of rotatable bonds is 2. The molecule has 0 bridgehead atoms. The molecule has 0 unspecified atom stereocenters. The Balaban J connectivity index is 1.95. The first-order valence-electron chi connectivity index (χ1n) is 6.53. The van der Waals surface area contributed by atoms with Crippen LogP contribution in [0.2, 0.25) is 0 Å². The van der Waals surface area contributed by atoms with E-state index in [-0.39, 0.29) is 0 Å². The van der Waals surface area contributed by atoms with Gasteiger partial charge < -0.3 is 9.64 Å². The average molecular weight is 258 g/mol. The molecule has 100 valence electrons. The van der Waals surface area contributed by atoms with Gasteiger partial charge in [-0.2, -0.15) is 5.10 Å². The van der Waals surface area contributed by atoms with Crippen molar-refractivity contribution in [3.05, 3.63) is 30.0 Å². The number of hydrogen-bond donors (Lipinski definition) is 0. The molecule has 0 radical (unpaired) electrons. The van der Waals surface area contributed by atoms with Gasteiger partial charge in [0.15, 0.2) is 0 Å². The molecule has 19 heavy (non-hydrogen) atoms. The first kappa shape index (κ1) is 12.2. The highest BCUT2D eigenvalue weighted by atomic mass is 16.5. The Hall–Kier alpha value is -1.88. The molecule has 3 rings (SSSR count). The number of aryl methyl sites for hydroxylation is 1. The van der Waals surface area contributed by atoms with Crippen molar-refractivity contribution in [1.29, 1.82) is 0 Å². The van der Waals surface area contributed by atoms with Gasteiger partial charge in [-0.25, -0.2) is 4.98 Å². The van der Waals surface area contributed by atoms with E-state index >= 15 is 0 Å². The predicted molar refractivity (Wildman–Crippen MR) is 73.0 cm³/mol. The molecule has 0 aromatic carbocycles. The fourth-order valence-electron chi connectivity index (χ4n) is 2.42. The summed E-state index contributed by atoms with van der Waals surface area (Å²) in [6, 6.07) is 7.88. The fourth-order valence-corrected chi connectivity index (χ4v) is 2.42. The largest absolute Gasteiger partial charge is 0.481 e. The number of methoxy groups -OCH3 is 1. The molecule has 0 aliphatic carbocycles. The smallest absolute Gasteiger partial charge is 0.213 e. The topological polar surface area (TPSA) is 43.2 Å². The molecular weight excluding hydrogens is 240 g/mol. The molecule has 5 heteroatoms. The van der Waals surface area contributed by atoms with E-state index in [2.05, 4.69) is 32.8 Å². The average Bonchev–Trinajstić information content (AvgIpc) is 2.74. The summed E-state index contributed by atoms with van der Waals surface area (Å²) >= 11 is 0. The minimum absolute atomic E-state index is 0.623. The first-order chi connectivity index (χ1) is 9.26. The van der Waals surface area contributed by atoms with Crippen molar-refractivity contribution >= 4 is 0 Å². The van der Waals surface area contributed by atoms with Crippen molar-refractivity contribution in [2.75, 3.05) is 20.7 Å². The van der Waals surface area contributed by atoms with Crippen LogP contribution in [-0.2, 0) is 13.1 Å². The first-order valence-corrected chi connectivity index (χ1v) is 6.53. The Kier molecular flexibility index (Phi) is 3.21. The summed E-state index contributed by atoms with van der Waals surface area (Å²) in [7, 11) is 3.77. The lowest BCUT2D eigenvalue weighted by molar-refractivity contribution is 0.332. The SMILES string of the molecule is COc1cccc(-c2cc3n(n2)CCCN(C)C3)n1. The molecule has 0 spiro atoms. The Morgan fingerprint density at radius 1 is 1.21 bits per heavy atom. The van der Waals surface area contributed by atoms with Crippen LogP contribution in [0.4, 0.5) is 0 Å². The van der Waals surface area contributed by atoms with Gasteiger partial charge in [0.2, 0.25) is 5.88 Å². The Labute approximate surface area is 112 Å². The summed E-state index contributed by atoms with van der Waals surface area (Å²) in [4.78, 5) is 6.76. The van der Waals surface area contributed by atoms with Crippen LogP contribution in [0.25, 0.3) is 11.4 Å². The summed E-state index contributed by atoms with van der Waals surface area (Å²) in [6.07, 6.45) is 1.14. The Morgan fingerprint density at radius 2 is 2.11 bits per heavy atom. The van der Waals surface area contributed by atoms with Gasteiger partial charge in [-0.1, -0.05) is 6.07 Å². The van der Waals surface area contributed by atoms with Gasteiger partial charge in [0, 0.05) is 25.7 Å². The van der Waals surface area contributed by atoms with E-state index in [4.69, 9.17) is 4.74 Å². The Morgan fingerprint density at radius 3 is 2.95 bits per heavy atom. The maximum Gasteiger partial charge on any atom is 0.213 e. The van der Waals surface area contributed by atoms with E-state index < -0.39 is 0 Å². The fraction of sp³-hybridized carbons (Fsp3) is 0.429. The molecule has 1 aliphatic rings. The second-order valence-corrected chi connectivity index (χ2v) is 4.90. The molecule has 2 aromatic heterocycles. The van der Waals surface area contributed by atoms with Crippen molar-refractivity contribution in [2.45, 2.75) is 19.5 Å². The molecule has 2 aromatic rings. The van der Waals surface area contributed by atoms with E-state index in [1.807, 2.05) is 18.2 Å². The summed E-state index contributed by atoms with van der Waals surface area (Å²) in [5, 5.41) is 4.66. The highest BCUT2D eigenvalue weighted by molar-refractivity contribution is 5.55. The monoisotopic (exact) mass is 258 g/mol. The number of fused-ring (bicyclic) bond motifs is 1. The number of ether oxygens (including phenoxy) is 1. The zero-order valence-electron chi connectivity index (χ0n) is 11.3. The van der Waals surface area contributed by atoms with Gasteiger partial charge in [-0.05, 0) is 25.6 Å². The van der Waals surface area contributed by atoms with Crippen molar-refractivity contribution in [1.82, 2.24) is 19.7 Å². The maximum atomic E-state index is 5.16.